The van der Waals surface area contributed by atoms with Crippen molar-refractivity contribution in [2.45, 2.75) is 0 Å². The minimum absolute atomic E-state index is 0.553. The SMILES string of the molecule is C=C1/C=C\C=C/CN=C(n2c3ccccc3c3c4oc5ccccc5c4ccc32)N1c1ccccc1. The maximum atomic E-state index is 6.47. The van der Waals surface area contributed by atoms with Gasteiger partial charge < -0.3 is 4.42 Å². The molecule has 0 bridgehead atoms. The summed E-state index contributed by atoms with van der Waals surface area (Å²) in [7, 11) is 0. The van der Waals surface area contributed by atoms with E-state index in [0.717, 1.165) is 61.1 Å². The van der Waals surface area contributed by atoms with Crippen LogP contribution in [-0.4, -0.2) is 17.1 Å². The lowest BCUT2D eigenvalue weighted by Crippen LogP contribution is -2.35. The summed E-state index contributed by atoms with van der Waals surface area (Å²) in [5, 5.41) is 4.46. The first-order valence-corrected chi connectivity index (χ1v) is 12.1. The van der Waals surface area contributed by atoms with Crippen LogP contribution in [0.3, 0.4) is 0 Å². The molecule has 4 heteroatoms. The fourth-order valence-electron chi connectivity index (χ4n) is 5.19. The zero-order valence-corrected chi connectivity index (χ0v) is 19.6. The third-order valence-corrected chi connectivity index (χ3v) is 6.76. The van der Waals surface area contributed by atoms with Gasteiger partial charge in [0.15, 0.2) is 0 Å². The molecule has 1 aliphatic heterocycles. The lowest BCUT2D eigenvalue weighted by molar-refractivity contribution is 0.673. The highest BCUT2D eigenvalue weighted by molar-refractivity contribution is 6.26. The average molecular weight is 466 g/mol. The molecule has 0 saturated heterocycles. The Balaban J connectivity index is 1.60. The number of fused-ring (bicyclic) bond motifs is 7. The van der Waals surface area contributed by atoms with Gasteiger partial charge in [-0.3, -0.25) is 9.47 Å². The number of nitrogens with zero attached hydrogens (tertiary/aromatic N) is 3. The summed E-state index contributed by atoms with van der Waals surface area (Å²) in [6.45, 7) is 4.96. The van der Waals surface area contributed by atoms with Crippen LogP contribution in [0.25, 0.3) is 43.7 Å². The van der Waals surface area contributed by atoms with Gasteiger partial charge in [0, 0.05) is 27.5 Å². The van der Waals surface area contributed by atoms with E-state index in [1.165, 1.54) is 0 Å². The molecule has 2 aromatic heterocycles. The van der Waals surface area contributed by atoms with Gasteiger partial charge in [-0.25, -0.2) is 4.99 Å². The molecule has 6 aromatic rings. The van der Waals surface area contributed by atoms with E-state index in [9.17, 15) is 0 Å². The first-order valence-electron chi connectivity index (χ1n) is 12.1. The van der Waals surface area contributed by atoms with Gasteiger partial charge in [-0.2, -0.15) is 0 Å². The quantitative estimate of drug-likeness (QED) is 0.246. The number of anilines is 1. The van der Waals surface area contributed by atoms with E-state index in [1.807, 2.05) is 48.6 Å². The molecular formula is C32H23N3O. The van der Waals surface area contributed by atoms with Crippen molar-refractivity contribution in [2.75, 3.05) is 11.4 Å². The zero-order chi connectivity index (χ0) is 24.1. The first-order chi connectivity index (χ1) is 17.8. The lowest BCUT2D eigenvalue weighted by Gasteiger charge is -2.28. The van der Waals surface area contributed by atoms with Gasteiger partial charge in [-0.15, -0.1) is 0 Å². The average Bonchev–Trinajstić information content (AvgIpc) is 3.48. The molecule has 0 spiro atoms. The number of hydrogen-bond donors (Lipinski definition) is 0. The van der Waals surface area contributed by atoms with Gasteiger partial charge in [-0.05, 0) is 42.5 Å². The Labute approximate surface area is 208 Å². The molecule has 0 saturated carbocycles. The van der Waals surface area contributed by atoms with Gasteiger partial charge in [0.2, 0.25) is 5.96 Å². The largest absolute Gasteiger partial charge is 0.455 e. The van der Waals surface area contributed by atoms with Gasteiger partial charge in [0.05, 0.1) is 23.0 Å². The summed E-state index contributed by atoms with van der Waals surface area (Å²) in [6.07, 6.45) is 8.12. The molecule has 172 valence electrons. The summed E-state index contributed by atoms with van der Waals surface area (Å²) in [4.78, 5) is 7.23. The Morgan fingerprint density at radius 2 is 1.50 bits per heavy atom. The lowest BCUT2D eigenvalue weighted by atomic mass is 10.1. The molecule has 3 heterocycles. The van der Waals surface area contributed by atoms with Crippen molar-refractivity contribution >= 4 is 55.4 Å². The maximum Gasteiger partial charge on any atom is 0.215 e. The van der Waals surface area contributed by atoms with Crippen molar-refractivity contribution in [3.05, 3.63) is 128 Å². The second-order valence-corrected chi connectivity index (χ2v) is 8.88. The molecule has 0 unspecified atom stereocenters. The molecule has 4 aromatic carbocycles. The molecule has 0 fully saturated rings. The molecule has 0 amide bonds. The second-order valence-electron chi connectivity index (χ2n) is 8.88. The number of aromatic nitrogens is 1. The predicted molar refractivity (Wildman–Crippen MR) is 151 cm³/mol. The topological polar surface area (TPSA) is 33.7 Å². The second kappa shape index (κ2) is 8.14. The van der Waals surface area contributed by atoms with Crippen molar-refractivity contribution in [3.63, 3.8) is 0 Å². The summed E-state index contributed by atoms with van der Waals surface area (Å²) in [5.74, 6) is 0.795. The number of para-hydroxylation sites is 3. The van der Waals surface area contributed by atoms with Crippen molar-refractivity contribution in [1.82, 2.24) is 4.57 Å². The normalized spacial score (nSPS) is 16.3. The van der Waals surface area contributed by atoms with E-state index in [1.54, 1.807) is 0 Å². The van der Waals surface area contributed by atoms with Crippen molar-refractivity contribution in [2.24, 2.45) is 4.99 Å². The highest BCUT2D eigenvalue weighted by Crippen LogP contribution is 2.39. The molecule has 4 nitrogen and oxygen atoms in total. The van der Waals surface area contributed by atoms with E-state index in [4.69, 9.17) is 9.41 Å². The van der Waals surface area contributed by atoms with Crippen LogP contribution in [0.4, 0.5) is 5.69 Å². The van der Waals surface area contributed by atoms with Crippen LogP contribution in [-0.2, 0) is 0 Å². The number of furan rings is 1. The van der Waals surface area contributed by atoms with E-state index < -0.39 is 0 Å². The highest BCUT2D eigenvalue weighted by atomic mass is 16.3. The Bertz CT molecular complexity index is 1880. The Morgan fingerprint density at radius 3 is 2.39 bits per heavy atom. The van der Waals surface area contributed by atoms with Crippen LogP contribution in [0.5, 0.6) is 0 Å². The summed E-state index contributed by atoms with van der Waals surface area (Å²) < 4.78 is 8.70. The van der Waals surface area contributed by atoms with Crippen LogP contribution in [0.2, 0.25) is 0 Å². The standard InChI is InChI=1S/C32H23N3O/c1-22-12-4-3-11-21-33-32(34(22)23-13-5-2-6-14-23)35-27-17-9-7-16-26(27)30-28(35)20-19-25-24-15-8-10-18-29(24)36-31(25)30/h2-20H,1,21H2/b11-3-,12-4-,33-32?. The van der Waals surface area contributed by atoms with Crippen LogP contribution < -0.4 is 4.90 Å². The maximum absolute atomic E-state index is 6.47. The van der Waals surface area contributed by atoms with Crippen LogP contribution >= 0.6 is 0 Å². The predicted octanol–water partition coefficient (Wildman–Crippen LogP) is 8.04. The third-order valence-electron chi connectivity index (χ3n) is 6.76. The smallest absolute Gasteiger partial charge is 0.215 e. The molecular weight excluding hydrogens is 442 g/mol. The highest BCUT2D eigenvalue weighted by Gasteiger charge is 2.24. The summed E-state index contributed by atoms with van der Waals surface area (Å²) in [5.41, 5.74) is 5.75. The Hall–Kier alpha value is -4.83. The van der Waals surface area contributed by atoms with Gasteiger partial charge >= 0.3 is 0 Å². The van der Waals surface area contributed by atoms with Gasteiger partial charge in [0.25, 0.3) is 0 Å². The van der Waals surface area contributed by atoms with E-state index in [-0.39, 0.29) is 0 Å². The van der Waals surface area contributed by atoms with Crippen LogP contribution in [0.15, 0.2) is 137 Å². The minimum atomic E-state index is 0.553. The monoisotopic (exact) mass is 465 g/mol. The number of benzene rings is 4. The molecule has 0 aliphatic carbocycles. The van der Waals surface area contributed by atoms with Crippen molar-refractivity contribution in [3.8, 4) is 0 Å². The molecule has 36 heavy (non-hydrogen) atoms. The van der Waals surface area contributed by atoms with Crippen LogP contribution in [0.1, 0.15) is 0 Å². The fraction of sp³-hybridized carbons (Fsp3) is 0.0312. The number of allylic oxidation sites excluding steroid dienone is 3. The van der Waals surface area contributed by atoms with E-state index >= 15 is 0 Å². The number of aliphatic imine (C=N–C) groups is 1. The first kappa shape index (κ1) is 20.5. The van der Waals surface area contributed by atoms with Crippen molar-refractivity contribution < 1.29 is 4.42 Å². The third kappa shape index (κ3) is 3.05. The molecule has 0 radical (unpaired) electrons. The number of hydrogen-bond acceptors (Lipinski definition) is 3. The summed E-state index contributed by atoms with van der Waals surface area (Å²) in [6, 6.07) is 31.3. The molecule has 1 aliphatic rings. The Kier molecular flexibility index (Phi) is 4.64. The molecule has 0 atom stereocenters. The summed E-state index contributed by atoms with van der Waals surface area (Å²) >= 11 is 0. The van der Waals surface area contributed by atoms with E-state index in [0.29, 0.717) is 6.54 Å². The van der Waals surface area contributed by atoms with Gasteiger partial charge in [0.1, 0.15) is 11.2 Å². The molecule has 7 rings (SSSR count). The zero-order valence-electron chi connectivity index (χ0n) is 19.6. The minimum Gasteiger partial charge on any atom is -0.455 e. The number of rotatable bonds is 1. The Morgan fingerprint density at radius 1 is 0.722 bits per heavy atom. The molecule has 0 N–H and O–H groups in total. The van der Waals surface area contributed by atoms with Crippen molar-refractivity contribution in [1.29, 1.82) is 0 Å². The van der Waals surface area contributed by atoms with Gasteiger partial charge in [-0.1, -0.05) is 79.4 Å². The van der Waals surface area contributed by atoms with Crippen LogP contribution in [0, 0.1) is 0 Å². The fourth-order valence-corrected chi connectivity index (χ4v) is 5.19. The van der Waals surface area contributed by atoms with E-state index in [2.05, 4.69) is 82.8 Å².